The number of nitrogens with one attached hydrogen (secondary N) is 1. The van der Waals surface area contributed by atoms with Crippen molar-refractivity contribution in [2.24, 2.45) is 5.92 Å². The predicted molar refractivity (Wildman–Crippen MR) is 67.6 cm³/mol. The zero-order chi connectivity index (χ0) is 11.4. The topological polar surface area (TPSA) is 21.3 Å². The van der Waals surface area contributed by atoms with Gasteiger partial charge in [-0.25, -0.2) is 0 Å². The molecule has 2 fully saturated rings. The molecule has 1 aliphatic carbocycles. The summed E-state index contributed by atoms with van der Waals surface area (Å²) in [5.41, 5.74) is 0.101. The van der Waals surface area contributed by atoms with Crippen LogP contribution >= 0.6 is 0 Å². The van der Waals surface area contributed by atoms with E-state index in [-0.39, 0.29) is 5.60 Å². The summed E-state index contributed by atoms with van der Waals surface area (Å²) in [7, 11) is 0. The van der Waals surface area contributed by atoms with Crippen molar-refractivity contribution in [2.75, 3.05) is 13.2 Å². The zero-order valence-electron chi connectivity index (χ0n) is 10.9. The molecular weight excluding hydrogens is 198 g/mol. The quantitative estimate of drug-likeness (QED) is 0.776. The Morgan fingerprint density at radius 3 is 2.62 bits per heavy atom. The number of likely N-dealkylation sites (N-methyl/N-ethyl adjacent to an activating group) is 1. The van der Waals surface area contributed by atoms with Crippen LogP contribution in [0.3, 0.4) is 0 Å². The molecule has 0 radical (unpaired) electrons. The van der Waals surface area contributed by atoms with Crippen molar-refractivity contribution in [1.82, 2.24) is 5.32 Å². The van der Waals surface area contributed by atoms with Crippen molar-refractivity contribution in [2.45, 2.75) is 70.4 Å². The average molecular weight is 225 g/mol. The number of hydrogen-bond donors (Lipinski definition) is 1. The van der Waals surface area contributed by atoms with E-state index >= 15 is 0 Å². The summed E-state index contributed by atoms with van der Waals surface area (Å²) in [5, 5.41) is 3.67. The van der Waals surface area contributed by atoms with Gasteiger partial charge in [0, 0.05) is 12.6 Å². The molecule has 2 unspecified atom stereocenters. The standard InChI is InChI=1S/C14H27NO/c1-3-15-13(11-12-7-6-8-12)14(2)9-4-5-10-16-14/h12-13,15H,3-11H2,1-2H3. The monoisotopic (exact) mass is 225 g/mol. The fourth-order valence-electron chi connectivity index (χ4n) is 3.09. The third kappa shape index (κ3) is 2.78. The Morgan fingerprint density at radius 1 is 1.31 bits per heavy atom. The third-order valence-corrected chi connectivity index (χ3v) is 4.48. The number of ether oxygens (including phenoxy) is 1. The van der Waals surface area contributed by atoms with E-state index in [4.69, 9.17) is 4.74 Å². The van der Waals surface area contributed by atoms with Gasteiger partial charge in [0.1, 0.15) is 0 Å². The molecule has 2 rings (SSSR count). The normalized spacial score (nSPS) is 33.4. The Balaban J connectivity index is 1.92. The maximum absolute atomic E-state index is 6.09. The summed E-state index contributed by atoms with van der Waals surface area (Å²) >= 11 is 0. The van der Waals surface area contributed by atoms with Crippen LogP contribution in [0.1, 0.15) is 58.8 Å². The fourth-order valence-corrected chi connectivity index (χ4v) is 3.09. The van der Waals surface area contributed by atoms with E-state index < -0.39 is 0 Å². The second-order valence-corrected chi connectivity index (χ2v) is 5.76. The molecule has 16 heavy (non-hydrogen) atoms. The van der Waals surface area contributed by atoms with Gasteiger partial charge >= 0.3 is 0 Å². The third-order valence-electron chi connectivity index (χ3n) is 4.48. The first-order valence-corrected chi connectivity index (χ1v) is 7.12. The van der Waals surface area contributed by atoms with E-state index in [0.29, 0.717) is 6.04 Å². The van der Waals surface area contributed by atoms with Gasteiger partial charge in [-0.2, -0.15) is 0 Å². The lowest BCUT2D eigenvalue weighted by Gasteiger charge is -2.43. The highest BCUT2D eigenvalue weighted by Crippen LogP contribution is 2.36. The van der Waals surface area contributed by atoms with E-state index in [0.717, 1.165) is 19.1 Å². The van der Waals surface area contributed by atoms with E-state index in [9.17, 15) is 0 Å². The van der Waals surface area contributed by atoms with Gasteiger partial charge in [0.05, 0.1) is 5.60 Å². The molecule has 0 bridgehead atoms. The Hall–Kier alpha value is -0.0800. The van der Waals surface area contributed by atoms with Crippen molar-refractivity contribution in [3.63, 3.8) is 0 Å². The lowest BCUT2D eigenvalue weighted by molar-refractivity contribution is -0.0941. The van der Waals surface area contributed by atoms with E-state index in [1.54, 1.807) is 0 Å². The van der Waals surface area contributed by atoms with Crippen LogP contribution in [-0.4, -0.2) is 24.8 Å². The van der Waals surface area contributed by atoms with Crippen LogP contribution in [0.4, 0.5) is 0 Å². The zero-order valence-corrected chi connectivity index (χ0v) is 10.9. The van der Waals surface area contributed by atoms with E-state index in [2.05, 4.69) is 19.2 Å². The highest BCUT2D eigenvalue weighted by Gasteiger charge is 2.38. The summed E-state index contributed by atoms with van der Waals surface area (Å²) in [6, 6.07) is 0.572. The molecule has 2 atom stereocenters. The minimum Gasteiger partial charge on any atom is -0.374 e. The Kier molecular flexibility index (Phi) is 4.26. The minimum absolute atomic E-state index is 0.101. The highest BCUT2D eigenvalue weighted by atomic mass is 16.5. The molecule has 0 aromatic rings. The summed E-state index contributed by atoms with van der Waals surface area (Å²) < 4.78 is 6.09. The van der Waals surface area contributed by atoms with Gasteiger partial charge in [0.2, 0.25) is 0 Å². The first-order chi connectivity index (χ1) is 7.74. The van der Waals surface area contributed by atoms with Gasteiger partial charge in [-0.15, -0.1) is 0 Å². The van der Waals surface area contributed by atoms with E-state index in [1.165, 1.54) is 44.9 Å². The molecule has 1 saturated carbocycles. The van der Waals surface area contributed by atoms with Crippen molar-refractivity contribution in [1.29, 1.82) is 0 Å². The SMILES string of the molecule is CCNC(CC1CCC1)C1(C)CCCCO1. The Bertz CT molecular complexity index is 207. The van der Waals surface area contributed by atoms with Gasteiger partial charge in [0.15, 0.2) is 0 Å². The number of rotatable bonds is 5. The summed E-state index contributed by atoms with van der Waals surface area (Å²) in [5.74, 6) is 0.964. The van der Waals surface area contributed by atoms with E-state index in [1.807, 2.05) is 0 Å². The van der Waals surface area contributed by atoms with Crippen molar-refractivity contribution < 1.29 is 4.74 Å². The molecule has 1 N–H and O–H groups in total. The molecule has 0 aromatic carbocycles. The molecule has 2 heteroatoms. The number of hydrogen-bond acceptors (Lipinski definition) is 2. The second-order valence-electron chi connectivity index (χ2n) is 5.76. The maximum atomic E-state index is 6.09. The van der Waals surface area contributed by atoms with Crippen molar-refractivity contribution in [3.8, 4) is 0 Å². The van der Waals surface area contributed by atoms with Gasteiger partial charge in [-0.05, 0) is 45.1 Å². The van der Waals surface area contributed by atoms with Crippen LogP contribution in [0.5, 0.6) is 0 Å². The molecule has 94 valence electrons. The second kappa shape index (κ2) is 5.50. The van der Waals surface area contributed by atoms with Crippen LogP contribution in [0.25, 0.3) is 0 Å². The van der Waals surface area contributed by atoms with Crippen molar-refractivity contribution >= 4 is 0 Å². The Labute approximate surface area is 100 Å². The fraction of sp³-hybridized carbons (Fsp3) is 1.00. The molecular formula is C14H27NO. The van der Waals surface area contributed by atoms with Crippen LogP contribution in [-0.2, 0) is 4.74 Å². The molecule has 1 aliphatic heterocycles. The van der Waals surface area contributed by atoms with Crippen molar-refractivity contribution in [3.05, 3.63) is 0 Å². The molecule has 2 nitrogen and oxygen atoms in total. The lowest BCUT2D eigenvalue weighted by Crippen LogP contribution is -2.53. The molecule has 1 heterocycles. The first kappa shape index (κ1) is 12.4. The smallest absolute Gasteiger partial charge is 0.0806 e. The van der Waals surface area contributed by atoms with Crippen LogP contribution < -0.4 is 5.32 Å². The first-order valence-electron chi connectivity index (χ1n) is 7.12. The summed E-state index contributed by atoms with van der Waals surface area (Å²) in [6.45, 7) is 6.55. The highest BCUT2D eigenvalue weighted by molar-refractivity contribution is 4.93. The van der Waals surface area contributed by atoms with Gasteiger partial charge in [-0.3, -0.25) is 0 Å². The average Bonchev–Trinajstić information content (AvgIpc) is 2.22. The maximum Gasteiger partial charge on any atom is 0.0806 e. The van der Waals surface area contributed by atoms with Crippen LogP contribution in [0, 0.1) is 5.92 Å². The molecule has 0 amide bonds. The molecule has 0 spiro atoms. The lowest BCUT2D eigenvalue weighted by atomic mass is 9.75. The summed E-state index contributed by atoms with van der Waals surface area (Å²) in [4.78, 5) is 0. The molecule has 0 aromatic heterocycles. The largest absolute Gasteiger partial charge is 0.374 e. The molecule has 2 aliphatic rings. The van der Waals surface area contributed by atoms with Crippen LogP contribution in [0.2, 0.25) is 0 Å². The Morgan fingerprint density at radius 2 is 2.12 bits per heavy atom. The van der Waals surface area contributed by atoms with Gasteiger partial charge in [-0.1, -0.05) is 26.2 Å². The minimum atomic E-state index is 0.101. The van der Waals surface area contributed by atoms with Gasteiger partial charge in [0.25, 0.3) is 0 Å². The predicted octanol–water partition coefficient (Wildman–Crippen LogP) is 3.11. The van der Waals surface area contributed by atoms with Crippen LogP contribution in [0.15, 0.2) is 0 Å². The summed E-state index contributed by atoms with van der Waals surface area (Å²) in [6.07, 6.45) is 9.47. The molecule has 1 saturated heterocycles. The van der Waals surface area contributed by atoms with Gasteiger partial charge < -0.3 is 10.1 Å².